The molecule has 1 unspecified atom stereocenters. The van der Waals surface area contributed by atoms with Gasteiger partial charge in [0.2, 0.25) is 6.35 Å². The summed E-state index contributed by atoms with van der Waals surface area (Å²) < 4.78 is 66.6. The molecule has 13 heteroatoms. The van der Waals surface area contributed by atoms with Gasteiger partial charge in [-0.2, -0.15) is 18.3 Å². The number of halogens is 5. The number of fused-ring (bicyclic) bond motifs is 1. The highest BCUT2D eigenvalue weighted by molar-refractivity contribution is 5.97. The molecule has 0 saturated carbocycles. The van der Waals surface area contributed by atoms with Crippen molar-refractivity contribution in [1.29, 1.82) is 0 Å². The first-order valence-corrected chi connectivity index (χ1v) is 10.1. The van der Waals surface area contributed by atoms with Crippen molar-refractivity contribution in [3.05, 3.63) is 47.9 Å². The van der Waals surface area contributed by atoms with Crippen LogP contribution in [0.2, 0.25) is 0 Å². The molecular weight excluding hydrogens is 451 g/mol. The molecule has 1 atom stereocenters. The number of carbonyl (C=O) groups excluding carboxylic acids is 1. The minimum Gasteiger partial charge on any atom is -0.355 e. The number of piperidine rings is 1. The lowest BCUT2D eigenvalue weighted by Gasteiger charge is -2.32. The van der Waals surface area contributed by atoms with Crippen molar-refractivity contribution in [3.8, 4) is 0 Å². The minimum atomic E-state index is -4.56. The van der Waals surface area contributed by atoms with Gasteiger partial charge in [-0.1, -0.05) is 0 Å². The van der Waals surface area contributed by atoms with Crippen LogP contribution in [-0.4, -0.2) is 81.8 Å². The van der Waals surface area contributed by atoms with Gasteiger partial charge in [0.15, 0.2) is 5.84 Å². The number of aromatic nitrogens is 1. The van der Waals surface area contributed by atoms with E-state index in [1.165, 1.54) is 52.3 Å². The van der Waals surface area contributed by atoms with E-state index in [0.717, 1.165) is 11.1 Å². The Labute approximate surface area is 185 Å². The second-order valence-electron chi connectivity index (χ2n) is 7.93. The maximum absolute atomic E-state index is 13.3. The van der Waals surface area contributed by atoms with Crippen LogP contribution in [-0.2, 0) is 0 Å². The third-order valence-electron chi connectivity index (χ3n) is 5.49. The van der Waals surface area contributed by atoms with Gasteiger partial charge in [-0.3, -0.25) is 14.7 Å². The van der Waals surface area contributed by atoms with Crippen LogP contribution in [0.5, 0.6) is 0 Å². The highest BCUT2D eigenvalue weighted by Gasteiger charge is 2.37. The highest BCUT2D eigenvalue weighted by Crippen LogP contribution is 2.30. The molecule has 1 amide bonds. The summed E-state index contributed by atoms with van der Waals surface area (Å²) in [5.41, 5.74) is 0.231. The number of anilines is 1. The predicted octanol–water partition coefficient (Wildman–Crippen LogP) is 2.57. The molecule has 0 bridgehead atoms. The molecule has 3 aliphatic heterocycles. The largest absolute Gasteiger partial charge is 0.406 e. The van der Waals surface area contributed by atoms with Gasteiger partial charge in [0, 0.05) is 57.1 Å². The number of hydrazone groups is 1. The molecule has 0 aliphatic carbocycles. The van der Waals surface area contributed by atoms with E-state index < -0.39 is 43.7 Å². The molecule has 1 aromatic heterocycles. The molecule has 0 spiro atoms. The molecule has 1 aromatic rings. The van der Waals surface area contributed by atoms with Gasteiger partial charge < -0.3 is 14.9 Å². The zero-order valence-corrected chi connectivity index (χ0v) is 17.5. The summed E-state index contributed by atoms with van der Waals surface area (Å²) in [6.45, 7) is -1.56. The number of hydrogen-bond donors (Lipinski definition) is 1. The summed E-state index contributed by atoms with van der Waals surface area (Å²) in [6.07, 6.45) is -1.18. The summed E-state index contributed by atoms with van der Waals surface area (Å²) in [5.74, 6) is -3.12. The van der Waals surface area contributed by atoms with E-state index in [-0.39, 0.29) is 36.0 Å². The van der Waals surface area contributed by atoms with Crippen LogP contribution in [0, 0.1) is 0 Å². The molecule has 1 fully saturated rings. The third-order valence-corrected chi connectivity index (χ3v) is 5.49. The number of pyridine rings is 1. The second kappa shape index (κ2) is 8.28. The molecule has 33 heavy (non-hydrogen) atoms. The molecule has 0 radical (unpaired) electrons. The minimum absolute atomic E-state index is 0.0640. The van der Waals surface area contributed by atoms with Crippen molar-refractivity contribution in [2.24, 2.45) is 5.10 Å². The van der Waals surface area contributed by atoms with E-state index >= 15 is 0 Å². The Bertz CT molecular complexity index is 997. The average Bonchev–Trinajstić information content (AvgIpc) is 3.04. The lowest BCUT2D eigenvalue weighted by molar-refractivity contribution is -0.118. The highest BCUT2D eigenvalue weighted by atomic mass is 19.4. The summed E-state index contributed by atoms with van der Waals surface area (Å²) >= 11 is 0. The number of carbonyl (C=O) groups is 1. The van der Waals surface area contributed by atoms with E-state index in [9.17, 15) is 31.9 Å². The molecule has 4 heterocycles. The molecule has 3 aliphatic rings. The lowest BCUT2D eigenvalue weighted by atomic mass is 10.1. The number of alkyl halides is 5. The molecule has 178 valence electrons. The van der Waals surface area contributed by atoms with E-state index in [1.54, 1.807) is 0 Å². The van der Waals surface area contributed by atoms with Crippen LogP contribution >= 0.6 is 0 Å². The maximum atomic E-state index is 13.3. The third kappa shape index (κ3) is 4.92. The molecule has 0 aromatic carbocycles. The number of nitrogens with zero attached hydrogens (tertiary/aromatic N) is 6. The Morgan fingerprint density at radius 1 is 1.27 bits per heavy atom. The Balaban J connectivity index is 1.56. The first-order chi connectivity index (χ1) is 15.4. The number of allylic oxidation sites excluding steroid dienone is 1. The lowest BCUT2D eigenvalue weighted by Crippen LogP contribution is -2.42. The van der Waals surface area contributed by atoms with Crippen molar-refractivity contribution in [2.75, 3.05) is 31.6 Å². The Hall–Kier alpha value is -3.22. The number of aliphatic hydroxyl groups excluding tert-OH is 1. The van der Waals surface area contributed by atoms with Gasteiger partial charge in [-0.25, -0.2) is 13.8 Å². The van der Waals surface area contributed by atoms with Crippen LogP contribution in [0.1, 0.15) is 23.2 Å². The second-order valence-corrected chi connectivity index (χ2v) is 7.93. The van der Waals surface area contributed by atoms with Crippen molar-refractivity contribution < 1.29 is 31.9 Å². The van der Waals surface area contributed by atoms with Gasteiger partial charge in [-0.05, 0) is 18.2 Å². The predicted molar refractivity (Wildman–Crippen MR) is 108 cm³/mol. The van der Waals surface area contributed by atoms with Crippen LogP contribution in [0.4, 0.5) is 27.8 Å². The fourth-order valence-corrected chi connectivity index (χ4v) is 3.70. The normalized spacial score (nSPS) is 22.2. The zero-order valence-electron chi connectivity index (χ0n) is 17.5. The van der Waals surface area contributed by atoms with Crippen molar-refractivity contribution in [1.82, 2.24) is 19.8 Å². The summed E-state index contributed by atoms with van der Waals surface area (Å²) in [4.78, 5) is 20.2. The number of amides is 1. The van der Waals surface area contributed by atoms with E-state index in [1.807, 2.05) is 0 Å². The quantitative estimate of drug-likeness (QED) is 0.680. The summed E-state index contributed by atoms with van der Waals surface area (Å²) in [5, 5.41) is 15.3. The van der Waals surface area contributed by atoms with Gasteiger partial charge in [-0.15, -0.1) is 0 Å². The Kier molecular flexibility index (Phi) is 5.76. The maximum Gasteiger partial charge on any atom is 0.406 e. The number of aliphatic hydroxyl groups is 1. The van der Waals surface area contributed by atoms with E-state index in [2.05, 4.69) is 10.1 Å². The number of hydrogen-bond acceptors (Lipinski definition) is 7. The fourth-order valence-electron chi connectivity index (χ4n) is 3.70. The van der Waals surface area contributed by atoms with Gasteiger partial charge in [0.25, 0.3) is 11.8 Å². The average molecular weight is 472 g/mol. The standard InChI is InChI=1S/C20H21F5N6O2/c1-28-18(33)30-7-4-14(10-16(30)27-28)31(12-20(23,24)25)15-3-2-13(11-26-15)17(32)29-8-5-19(21,22)6-9-29/h2-4,7,10-11,18,33H,5-6,8-9,12H2,1H3. The van der Waals surface area contributed by atoms with E-state index in [4.69, 9.17) is 0 Å². The van der Waals surface area contributed by atoms with Gasteiger partial charge in [0.1, 0.15) is 12.4 Å². The molecule has 4 rings (SSSR count). The zero-order chi connectivity index (χ0) is 24.0. The summed E-state index contributed by atoms with van der Waals surface area (Å²) in [7, 11) is 1.52. The van der Waals surface area contributed by atoms with Gasteiger partial charge >= 0.3 is 6.18 Å². The van der Waals surface area contributed by atoms with Crippen LogP contribution in [0.25, 0.3) is 0 Å². The van der Waals surface area contributed by atoms with Crippen molar-refractivity contribution >= 4 is 17.6 Å². The van der Waals surface area contributed by atoms with Crippen LogP contribution < -0.4 is 4.90 Å². The first kappa shape index (κ1) is 23.0. The molecule has 1 N–H and O–H groups in total. The first-order valence-electron chi connectivity index (χ1n) is 10.1. The molecule has 1 saturated heterocycles. The van der Waals surface area contributed by atoms with Crippen molar-refractivity contribution in [2.45, 2.75) is 31.3 Å². The van der Waals surface area contributed by atoms with E-state index in [0.29, 0.717) is 0 Å². The summed E-state index contributed by atoms with van der Waals surface area (Å²) in [6, 6.07) is 2.60. The number of likely N-dealkylation sites (tertiary alicyclic amines) is 1. The Morgan fingerprint density at radius 3 is 2.58 bits per heavy atom. The van der Waals surface area contributed by atoms with Crippen LogP contribution in [0.3, 0.4) is 0 Å². The monoisotopic (exact) mass is 472 g/mol. The Morgan fingerprint density at radius 2 is 1.97 bits per heavy atom. The topological polar surface area (TPSA) is 75.5 Å². The van der Waals surface area contributed by atoms with Gasteiger partial charge in [0.05, 0.1) is 5.56 Å². The van der Waals surface area contributed by atoms with Crippen molar-refractivity contribution in [3.63, 3.8) is 0 Å². The number of amidine groups is 1. The van der Waals surface area contributed by atoms with Crippen LogP contribution in [0.15, 0.2) is 47.5 Å². The smallest absolute Gasteiger partial charge is 0.355 e. The SMILES string of the molecule is CN1N=C2C=C(N(CC(F)(F)F)c3ccc(C(=O)N4CCC(F)(F)CC4)cn3)C=CN2C1O. The molecule has 8 nitrogen and oxygen atoms in total. The fraction of sp³-hybridized carbons (Fsp3) is 0.450. The number of rotatable bonds is 4. The molecular formula is C20H21F5N6O2.